The van der Waals surface area contributed by atoms with Gasteiger partial charge in [-0.2, -0.15) is 4.72 Å². The lowest BCUT2D eigenvalue weighted by Gasteiger charge is -2.26. The van der Waals surface area contributed by atoms with Crippen LogP contribution in [0.15, 0.2) is 89.8 Å². The fourth-order valence-electron chi connectivity index (χ4n) is 3.55. The maximum atomic E-state index is 14.2. The molecule has 0 spiro atoms. The van der Waals surface area contributed by atoms with Crippen LogP contribution >= 0.6 is 0 Å². The Balaban J connectivity index is 1.81. The largest absolute Gasteiger partial charge is 0.353 e. The molecule has 3 aromatic rings. The van der Waals surface area contributed by atoms with Gasteiger partial charge in [0, 0.05) is 6.54 Å². The van der Waals surface area contributed by atoms with E-state index in [4.69, 9.17) is 0 Å². The monoisotopic (exact) mass is 469 g/mol. The number of hydrogen-bond acceptors (Lipinski definition) is 4. The van der Waals surface area contributed by atoms with Gasteiger partial charge >= 0.3 is 0 Å². The smallest absolute Gasteiger partial charge is 0.244 e. The molecule has 3 aromatic carbocycles. The van der Waals surface area contributed by atoms with E-state index in [-0.39, 0.29) is 19.0 Å². The van der Waals surface area contributed by atoms with Gasteiger partial charge in [-0.1, -0.05) is 72.8 Å². The molecule has 6 nitrogen and oxygen atoms in total. The molecule has 174 valence electrons. The summed E-state index contributed by atoms with van der Waals surface area (Å²) < 4.78 is 42.3. The molecule has 0 aromatic heterocycles. The standard InChI is InChI=1S/C25H28FN3O3S/c1-29(2)23(20-13-7-4-8-14-20)18-27-25(30)22(17-19-11-5-3-6-12-19)28-33(31,32)24-16-10-9-15-21(24)26/h3-16,22-23,28H,17-18H2,1-2H3,(H,27,30). The van der Waals surface area contributed by atoms with E-state index in [1.807, 2.05) is 79.7 Å². The van der Waals surface area contributed by atoms with Crippen molar-refractivity contribution in [2.24, 2.45) is 0 Å². The van der Waals surface area contributed by atoms with Crippen molar-refractivity contribution in [3.8, 4) is 0 Å². The quantitative estimate of drug-likeness (QED) is 0.478. The van der Waals surface area contributed by atoms with Gasteiger partial charge in [0.05, 0.1) is 6.04 Å². The summed E-state index contributed by atoms with van der Waals surface area (Å²) in [5.74, 6) is -1.36. The highest BCUT2D eigenvalue weighted by Gasteiger charge is 2.28. The Morgan fingerprint density at radius 2 is 1.48 bits per heavy atom. The molecule has 0 aliphatic rings. The molecule has 0 heterocycles. The summed E-state index contributed by atoms with van der Waals surface area (Å²) >= 11 is 0. The van der Waals surface area contributed by atoms with E-state index in [0.717, 1.165) is 17.2 Å². The van der Waals surface area contributed by atoms with Gasteiger partial charge in [0.1, 0.15) is 16.8 Å². The highest BCUT2D eigenvalue weighted by atomic mass is 32.2. The van der Waals surface area contributed by atoms with Crippen LogP contribution in [0.3, 0.4) is 0 Å². The first-order valence-corrected chi connectivity index (χ1v) is 12.1. The number of amides is 1. The van der Waals surface area contributed by atoms with Crippen molar-refractivity contribution >= 4 is 15.9 Å². The van der Waals surface area contributed by atoms with Crippen LogP contribution in [0.2, 0.25) is 0 Å². The van der Waals surface area contributed by atoms with Crippen molar-refractivity contribution in [1.29, 1.82) is 0 Å². The van der Waals surface area contributed by atoms with Gasteiger partial charge in [-0.25, -0.2) is 12.8 Å². The molecule has 33 heavy (non-hydrogen) atoms. The number of likely N-dealkylation sites (N-methyl/N-ethyl adjacent to an activating group) is 1. The molecular weight excluding hydrogens is 441 g/mol. The average Bonchev–Trinajstić information content (AvgIpc) is 2.80. The maximum absolute atomic E-state index is 14.2. The van der Waals surface area contributed by atoms with Crippen molar-refractivity contribution in [2.45, 2.75) is 23.4 Å². The normalized spacial score (nSPS) is 13.5. The van der Waals surface area contributed by atoms with Gasteiger partial charge in [-0.15, -0.1) is 0 Å². The predicted octanol–water partition coefficient (Wildman–Crippen LogP) is 3.13. The van der Waals surface area contributed by atoms with Crippen LogP contribution in [0.5, 0.6) is 0 Å². The predicted molar refractivity (Wildman–Crippen MR) is 127 cm³/mol. The molecular formula is C25H28FN3O3S. The fourth-order valence-corrected chi connectivity index (χ4v) is 4.82. The zero-order valence-corrected chi connectivity index (χ0v) is 19.4. The maximum Gasteiger partial charge on any atom is 0.244 e. The summed E-state index contributed by atoms with van der Waals surface area (Å²) in [6, 6.07) is 22.7. The van der Waals surface area contributed by atoms with E-state index in [1.165, 1.54) is 18.2 Å². The summed E-state index contributed by atoms with van der Waals surface area (Å²) in [6.07, 6.45) is 0.123. The van der Waals surface area contributed by atoms with Crippen LogP contribution in [-0.2, 0) is 21.2 Å². The van der Waals surface area contributed by atoms with Crippen LogP contribution in [0, 0.1) is 5.82 Å². The second-order valence-electron chi connectivity index (χ2n) is 7.93. The van der Waals surface area contributed by atoms with Crippen molar-refractivity contribution in [2.75, 3.05) is 20.6 Å². The van der Waals surface area contributed by atoms with Gasteiger partial charge in [0.25, 0.3) is 0 Å². The van der Waals surface area contributed by atoms with Crippen molar-refractivity contribution in [1.82, 2.24) is 14.9 Å². The molecule has 0 bridgehead atoms. The van der Waals surface area contributed by atoms with Crippen LogP contribution in [0.25, 0.3) is 0 Å². The number of halogens is 1. The number of nitrogens with zero attached hydrogens (tertiary/aromatic N) is 1. The Bertz CT molecular complexity index is 1160. The molecule has 2 N–H and O–H groups in total. The first-order chi connectivity index (χ1) is 15.8. The summed E-state index contributed by atoms with van der Waals surface area (Å²) in [5.41, 5.74) is 1.80. The van der Waals surface area contributed by atoms with Gasteiger partial charge in [0.2, 0.25) is 15.9 Å². The number of rotatable bonds is 10. The van der Waals surface area contributed by atoms with Crippen LogP contribution < -0.4 is 10.0 Å². The Hall–Kier alpha value is -3.07. The first kappa shape index (κ1) is 24.6. The van der Waals surface area contributed by atoms with E-state index in [1.54, 1.807) is 0 Å². The van der Waals surface area contributed by atoms with E-state index in [9.17, 15) is 17.6 Å². The summed E-state index contributed by atoms with van der Waals surface area (Å²) in [7, 11) is -0.441. The highest BCUT2D eigenvalue weighted by Crippen LogP contribution is 2.18. The molecule has 0 aliphatic heterocycles. The molecule has 1 amide bonds. The molecule has 0 aliphatic carbocycles. The minimum Gasteiger partial charge on any atom is -0.353 e. The number of benzene rings is 3. The third kappa shape index (κ3) is 6.71. The number of carbonyl (C=O) groups excluding carboxylic acids is 1. The van der Waals surface area contributed by atoms with Crippen LogP contribution in [0.1, 0.15) is 17.2 Å². The van der Waals surface area contributed by atoms with Crippen molar-refractivity contribution < 1.29 is 17.6 Å². The topological polar surface area (TPSA) is 78.5 Å². The van der Waals surface area contributed by atoms with Crippen molar-refractivity contribution in [3.63, 3.8) is 0 Å². The fraction of sp³-hybridized carbons (Fsp3) is 0.240. The number of carbonyl (C=O) groups is 1. The number of sulfonamides is 1. The van der Waals surface area contributed by atoms with Gasteiger partial charge < -0.3 is 10.2 Å². The first-order valence-electron chi connectivity index (χ1n) is 10.6. The second kappa shape index (κ2) is 11.2. The molecule has 2 unspecified atom stereocenters. The lowest BCUT2D eigenvalue weighted by molar-refractivity contribution is -0.122. The third-order valence-corrected chi connectivity index (χ3v) is 6.80. The Morgan fingerprint density at radius 3 is 2.09 bits per heavy atom. The molecule has 0 saturated carbocycles. The van der Waals surface area contributed by atoms with E-state index in [0.29, 0.717) is 0 Å². The second-order valence-corrected chi connectivity index (χ2v) is 9.61. The molecule has 0 fully saturated rings. The third-order valence-electron chi connectivity index (χ3n) is 5.30. The molecule has 2 atom stereocenters. The van der Waals surface area contributed by atoms with Crippen LogP contribution in [-0.4, -0.2) is 45.9 Å². The zero-order chi connectivity index (χ0) is 23.8. The summed E-state index contributed by atoms with van der Waals surface area (Å²) in [6.45, 7) is 0.280. The van der Waals surface area contributed by atoms with E-state index < -0.39 is 32.7 Å². The van der Waals surface area contributed by atoms with Crippen LogP contribution in [0.4, 0.5) is 4.39 Å². The summed E-state index contributed by atoms with van der Waals surface area (Å²) in [5, 5.41) is 2.87. The van der Waals surface area contributed by atoms with Gasteiger partial charge in [-0.3, -0.25) is 4.79 Å². The Morgan fingerprint density at radius 1 is 0.909 bits per heavy atom. The minimum atomic E-state index is -4.26. The molecule has 0 saturated heterocycles. The van der Waals surface area contributed by atoms with Crippen molar-refractivity contribution in [3.05, 3.63) is 102 Å². The van der Waals surface area contributed by atoms with Gasteiger partial charge in [-0.05, 0) is 43.8 Å². The SMILES string of the molecule is CN(C)C(CNC(=O)C(Cc1ccccc1)NS(=O)(=O)c1ccccc1F)c1ccccc1. The lowest BCUT2D eigenvalue weighted by atomic mass is 10.0. The number of hydrogen-bond donors (Lipinski definition) is 2. The zero-order valence-electron chi connectivity index (χ0n) is 18.6. The average molecular weight is 470 g/mol. The summed E-state index contributed by atoms with van der Waals surface area (Å²) in [4.78, 5) is 14.6. The van der Waals surface area contributed by atoms with Gasteiger partial charge in [0.15, 0.2) is 0 Å². The molecule has 8 heteroatoms. The highest BCUT2D eigenvalue weighted by molar-refractivity contribution is 7.89. The van der Waals surface area contributed by atoms with E-state index in [2.05, 4.69) is 10.0 Å². The van der Waals surface area contributed by atoms with E-state index >= 15 is 0 Å². The Labute approximate surface area is 194 Å². The molecule has 3 rings (SSSR count). The minimum absolute atomic E-state index is 0.101. The molecule has 0 radical (unpaired) electrons. The Kier molecular flexibility index (Phi) is 8.32. The lowest BCUT2D eigenvalue weighted by Crippen LogP contribution is -2.49. The number of nitrogens with one attached hydrogen (secondary N) is 2.